The zero-order valence-electron chi connectivity index (χ0n) is 9.66. The number of carbonyl (C=O) groups is 1. The molecule has 0 aliphatic carbocycles. The molecule has 15 heavy (non-hydrogen) atoms. The maximum atomic E-state index is 11.7. The van der Waals surface area contributed by atoms with Gasteiger partial charge in [0.1, 0.15) is 5.60 Å². The lowest BCUT2D eigenvalue weighted by atomic mass is 9.99. The molecule has 2 atom stereocenters. The Kier molecular flexibility index (Phi) is 2.63. The van der Waals surface area contributed by atoms with Crippen LogP contribution in [0.3, 0.4) is 0 Å². The standard InChI is InChI=1S/C11H19NO3/c1-11(2,3)15-10(13)12-5-4-8(12)6-9-7-14-9/h8-9H,4-7H2,1-3H3. The van der Waals surface area contributed by atoms with Crippen molar-refractivity contribution in [2.45, 2.75) is 51.4 Å². The van der Waals surface area contributed by atoms with Crippen LogP contribution in [0.4, 0.5) is 4.79 Å². The Morgan fingerprint density at radius 3 is 2.60 bits per heavy atom. The zero-order chi connectivity index (χ0) is 11.1. The Morgan fingerprint density at radius 1 is 1.53 bits per heavy atom. The topological polar surface area (TPSA) is 42.1 Å². The molecule has 0 N–H and O–H groups in total. The average molecular weight is 213 g/mol. The van der Waals surface area contributed by atoms with Gasteiger partial charge in [0, 0.05) is 12.6 Å². The second-order valence-corrected chi connectivity index (χ2v) is 5.31. The van der Waals surface area contributed by atoms with Crippen LogP contribution < -0.4 is 0 Å². The highest BCUT2D eigenvalue weighted by Crippen LogP contribution is 2.28. The molecule has 1 amide bonds. The summed E-state index contributed by atoms with van der Waals surface area (Å²) in [4.78, 5) is 13.5. The Morgan fingerprint density at radius 2 is 2.20 bits per heavy atom. The second kappa shape index (κ2) is 3.67. The summed E-state index contributed by atoms with van der Waals surface area (Å²) in [5.74, 6) is 0. The lowest BCUT2D eigenvalue weighted by molar-refractivity contribution is -0.00777. The minimum atomic E-state index is -0.396. The summed E-state index contributed by atoms with van der Waals surface area (Å²) >= 11 is 0. The highest BCUT2D eigenvalue weighted by Gasteiger charge is 2.39. The second-order valence-electron chi connectivity index (χ2n) is 5.31. The van der Waals surface area contributed by atoms with Gasteiger partial charge in [0.2, 0.25) is 0 Å². The lowest BCUT2D eigenvalue weighted by Gasteiger charge is -2.41. The summed E-state index contributed by atoms with van der Waals surface area (Å²) < 4.78 is 10.5. The van der Waals surface area contributed by atoms with Crippen LogP contribution in [0.1, 0.15) is 33.6 Å². The van der Waals surface area contributed by atoms with Gasteiger partial charge in [-0.15, -0.1) is 0 Å². The van der Waals surface area contributed by atoms with E-state index in [1.807, 2.05) is 25.7 Å². The molecule has 86 valence electrons. The smallest absolute Gasteiger partial charge is 0.410 e. The third-order valence-corrected chi connectivity index (χ3v) is 2.71. The molecule has 2 unspecified atom stereocenters. The molecule has 2 heterocycles. The molecule has 0 aromatic heterocycles. The van der Waals surface area contributed by atoms with Crippen molar-refractivity contribution in [3.8, 4) is 0 Å². The van der Waals surface area contributed by atoms with Gasteiger partial charge in [0.25, 0.3) is 0 Å². The van der Waals surface area contributed by atoms with E-state index in [0.717, 1.165) is 26.0 Å². The molecular weight excluding hydrogens is 194 g/mol. The molecule has 0 radical (unpaired) electrons. The van der Waals surface area contributed by atoms with Crippen LogP contribution >= 0.6 is 0 Å². The third-order valence-electron chi connectivity index (χ3n) is 2.71. The van der Waals surface area contributed by atoms with Crippen molar-refractivity contribution < 1.29 is 14.3 Å². The molecule has 0 aromatic rings. The van der Waals surface area contributed by atoms with Crippen molar-refractivity contribution in [2.24, 2.45) is 0 Å². The maximum Gasteiger partial charge on any atom is 0.410 e. The zero-order valence-corrected chi connectivity index (χ0v) is 9.66. The summed E-state index contributed by atoms with van der Waals surface area (Å²) in [6.45, 7) is 7.36. The first-order chi connectivity index (χ1) is 6.96. The Labute approximate surface area is 90.5 Å². The number of carbonyl (C=O) groups excluding carboxylic acids is 1. The van der Waals surface area contributed by atoms with Crippen LogP contribution in [0, 0.1) is 0 Å². The van der Waals surface area contributed by atoms with E-state index >= 15 is 0 Å². The molecule has 2 aliphatic heterocycles. The lowest BCUT2D eigenvalue weighted by Crippen LogP contribution is -2.53. The molecule has 2 rings (SSSR count). The first-order valence-corrected chi connectivity index (χ1v) is 5.57. The molecule has 0 aromatic carbocycles. The number of epoxide rings is 1. The largest absolute Gasteiger partial charge is 0.444 e. The quantitative estimate of drug-likeness (QED) is 0.657. The fourth-order valence-corrected chi connectivity index (χ4v) is 1.75. The molecule has 2 aliphatic rings. The van der Waals surface area contributed by atoms with Gasteiger partial charge in [0.05, 0.1) is 12.7 Å². The monoisotopic (exact) mass is 213 g/mol. The first-order valence-electron chi connectivity index (χ1n) is 5.57. The summed E-state index contributed by atoms with van der Waals surface area (Å²) in [6, 6.07) is 0.340. The highest BCUT2D eigenvalue weighted by molar-refractivity contribution is 5.69. The van der Waals surface area contributed by atoms with Crippen molar-refractivity contribution in [1.29, 1.82) is 0 Å². The van der Waals surface area contributed by atoms with Gasteiger partial charge in [0.15, 0.2) is 0 Å². The first kappa shape index (κ1) is 10.7. The van der Waals surface area contributed by atoms with Gasteiger partial charge >= 0.3 is 6.09 Å². The van der Waals surface area contributed by atoms with Crippen LogP contribution in [-0.4, -0.2) is 41.9 Å². The number of ether oxygens (including phenoxy) is 2. The van der Waals surface area contributed by atoms with Gasteiger partial charge in [-0.2, -0.15) is 0 Å². The van der Waals surface area contributed by atoms with Crippen molar-refractivity contribution in [3.63, 3.8) is 0 Å². The van der Waals surface area contributed by atoms with Crippen LogP contribution in [0.5, 0.6) is 0 Å². The van der Waals surface area contributed by atoms with Crippen molar-refractivity contribution in [3.05, 3.63) is 0 Å². The van der Waals surface area contributed by atoms with Gasteiger partial charge in [-0.25, -0.2) is 4.79 Å². The van der Waals surface area contributed by atoms with Crippen LogP contribution in [0.25, 0.3) is 0 Å². The summed E-state index contributed by atoms with van der Waals surface area (Å²) in [5.41, 5.74) is -0.396. The Bertz CT molecular complexity index is 255. The van der Waals surface area contributed by atoms with Gasteiger partial charge in [-0.1, -0.05) is 0 Å². The average Bonchev–Trinajstić information content (AvgIpc) is 2.76. The molecule has 4 heteroatoms. The normalized spacial score (nSPS) is 29.7. The molecule has 4 nitrogen and oxygen atoms in total. The molecule has 2 saturated heterocycles. The third kappa shape index (κ3) is 2.84. The predicted octanol–water partition coefficient (Wildman–Crippen LogP) is 1.78. The van der Waals surface area contributed by atoms with E-state index in [0.29, 0.717) is 12.1 Å². The van der Waals surface area contributed by atoms with Gasteiger partial charge in [-0.05, 0) is 33.6 Å². The van der Waals surface area contributed by atoms with E-state index in [2.05, 4.69) is 0 Å². The van der Waals surface area contributed by atoms with Crippen molar-refractivity contribution >= 4 is 6.09 Å². The van der Waals surface area contributed by atoms with E-state index in [4.69, 9.17) is 9.47 Å². The fourth-order valence-electron chi connectivity index (χ4n) is 1.75. The van der Waals surface area contributed by atoms with Gasteiger partial charge in [-0.3, -0.25) is 0 Å². The van der Waals surface area contributed by atoms with E-state index in [9.17, 15) is 4.79 Å². The molecule has 0 bridgehead atoms. The van der Waals surface area contributed by atoms with E-state index < -0.39 is 5.60 Å². The van der Waals surface area contributed by atoms with Crippen molar-refractivity contribution in [1.82, 2.24) is 4.90 Å². The predicted molar refractivity (Wildman–Crippen MR) is 55.7 cm³/mol. The van der Waals surface area contributed by atoms with E-state index in [-0.39, 0.29) is 6.09 Å². The molecule has 0 spiro atoms. The van der Waals surface area contributed by atoms with E-state index in [1.165, 1.54) is 0 Å². The fraction of sp³-hybridized carbons (Fsp3) is 0.909. The van der Waals surface area contributed by atoms with E-state index in [1.54, 1.807) is 0 Å². The molecule has 0 saturated carbocycles. The molecular formula is C11H19NO3. The Balaban J connectivity index is 1.79. The van der Waals surface area contributed by atoms with Crippen LogP contribution in [0.15, 0.2) is 0 Å². The maximum absolute atomic E-state index is 11.7. The number of amides is 1. The number of nitrogens with zero attached hydrogens (tertiary/aromatic N) is 1. The SMILES string of the molecule is CC(C)(C)OC(=O)N1CCC1CC1CO1. The molecule has 2 fully saturated rings. The van der Waals surface area contributed by atoms with Gasteiger partial charge < -0.3 is 14.4 Å². The number of hydrogen-bond acceptors (Lipinski definition) is 3. The number of hydrogen-bond donors (Lipinski definition) is 0. The Hall–Kier alpha value is -0.770. The van der Waals surface area contributed by atoms with Crippen molar-refractivity contribution in [2.75, 3.05) is 13.2 Å². The highest BCUT2D eigenvalue weighted by atomic mass is 16.6. The number of rotatable bonds is 2. The summed E-state index contributed by atoms with van der Waals surface area (Å²) in [7, 11) is 0. The van der Waals surface area contributed by atoms with Crippen LogP contribution in [-0.2, 0) is 9.47 Å². The van der Waals surface area contributed by atoms with Crippen LogP contribution in [0.2, 0.25) is 0 Å². The minimum absolute atomic E-state index is 0.181. The number of likely N-dealkylation sites (tertiary alicyclic amines) is 1. The summed E-state index contributed by atoms with van der Waals surface area (Å²) in [5, 5.41) is 0. The minimum Gasteiger partial charge on any atom is -0.444 e. The summed E-state index contributed by atoms with van der Waals surface area (Å²) in [6.07, 6.45) is 2.26.